The molecule has 10 heteroatoms. The smallest absolute Gasteiger partial charge is 0.325 e. The number of nitrogens with one attached hydrogen (secondary N) is 2. The molecule has 3 aromatic rings. The van der Waals surface area contributed by atoms with E-state index in [1.807, 2.05) is 24.3 Å². The summed E-state index contributed by atoms with van der Waals surface area (Å²) >= 11 is 19.4. The van der Waals surface area contributed by atoms with Crippen LogP contribution in [0.5, 0.6) is 0 Å². The van der Waals surface area contributed by atoms with E-state index in [-0.39, 0.29) is 15.7 Å². The number of benzene rings is 2. The number of carbonyl (C=O) groups excluding carboxylic acids is 3. The van der Waals surface area contributed by atoms with E-state index < -0.39 is 30.9 Å². The van der Waals surface area contributed by atoms with Gasteiger partial charge >= 0.3 is 5.97 Å². The summed E-state index contributed by atoms with van der Waals surface area (Å²) in [6.07, 6.45) is 0. The van der Waals surface area contributed by atoms with E-state index in [1.165, 1.54) is 11.3 Å². The van der Waals surface area contributed by atoms with Gasteiger partial charge in [0.15, 0.2) is 6.61 Å². The highest BCUT2D eigenvalue weighted by Gasteiger charge is 2.18. The van der Waals surface area contributed by atoms with Crippen LogP contribution in [0.4, 0.5) is 5.69 Å². The maximum Gasteiger partial charge on any atom is 0.325 e. The van der Waals surface area contributed by atoms with Crippen molar-refractivity contribution in [1.82, 2.24) is 5.32 Å². The minimum Gasteiger partial charge on any atom is -0.454 e. The fourth-order valence-corrected chi connectivity index (χ4v) is 4.31. The zero-order valence-corrected chi connectivity index (χ0v) is 17.7. The van der Waals surface area contributed by atoms with Crippen LogP contribution in [0.15, 0.2) is 42.5 Å². The minimum absolute atomic E-state index is 0.226. The number of hydrogen-bond acceptors (Lipinski definition) is 5. The molecule has 150 valence electrons. The van der Waals surface area contributed by atoms with Gasteiger partial charge in [-0.3, -0.25) is 14.4 Å². The summed E-state index contributed by atoms with van der Waals surface area (Å²) in [7, 11) is 0. The molecule has 3 rings (SSSR count). The van der Waals surface area contributed by atoms with Crippen LogP contribution in [0.25, 0.3) is 10.1 Å². The van der Waals surface area contributed by atoms with Gasteiger partial charge in [-0.2, -0.15) is 0 Å². The molecular weight excluding hydrogens is 459 g/mol. The Kier molecular flexibility index (Phi) is 6.97. The molecule has 0 bridgehead atoms. The molecule has 6 nitrogen and oxygen atoms in total. The molecule has 0 fully saturated rings. The molecule has 1 heterocycles. The van der Waals surface area contributed by atoms with Crippen LogP contribution in [0.1, 0.15) is 9.67 Å². The molecule has 0 aliphatic heterocycles. The van der Waals surface area contributed by atoms with Crippen molar-refractivity contribution in [3.8, 4) is 0 Å². The number of carbonyl (C=O) groups is 3. The number of thiophene rings is 1. The first kappa shape index (κ1) is 21.4. The molecule has 0 aliphatic rings. The zero-order chi connectivity index (χ0) is 21.0. The Morgan fingerprint density at radius 3 is 2.34 bits per heavy atom. The summed E-state index contributed by atoms with van der Waals surface area (Å²) in [4.78, 5) is 36.3. The van der Waals surface area contributed by atoms with Gasteiger partial charge < -0.3 is 15.4 Å². The number of hydrogen-bond donors (Lipinski definition) is 2. The highest BCUT2D eigenvalue weighted by molar-refractivity contribution is 7.21. The monoisotopic (exact) mass is 470 g/mol. The van der Waals surface area contributed by atoms with E-state index in [0.717, 1.165) is 10.1 Å². The first-order chi connectivity index (χ1) is 13.9. The van der Waals surface area contributed by atoms with Crippen molar-refractivity contribution in [3.63, 3.8) is 0 Å². The summed E-state index contributed by atoms with van der Waals surface area (Å²) in [6, 6.07) is 12.1. The predicted octanol–water partition coefficient (Wildman–Crippen LogP) is 4.77. The van der Waals surface area contributed by atoms with Crippen LogP contribution in [0.3, 0.4) is 0 Å². The molecule has 2 N–H and O–H groups in total. The van der Waals surface area contributed by atoms with Crippen LogP contribution in [-0.4, -0.2) is 30.9 Å². The number of amides is 2. The van der Waals surface area contributed by atoms with E-state index in [9.17, 15) is 14.4 Å². The van der Waals surface area contributed by atoms with Crippen LogP contribution < -0.4 is 10.6 Å². The summed E-state index contributed by atoms with van der Waals surface area (Å²) < 4.78 is 5.71. The number of rotatable bonds is 6. The van der Waals surface area contributed by atoms with Crippen molar-refractivity contribution in [2.45, 2.75) is 0 Å². The fourth-order valence-electron chi connectivity index (χ4n) is 2.38. The van der Waals surface area contributed by atoms with Gasteiger partial charge in [-0.05, 0) is 18.2 Å². The highest BCUT2D eigenvalue weighted by Crippen LogP contribution is 2.35. The lowest BCUT2D eigenvalue weighted by Gasteiger charge is -2.09. The average molecular weight is 472 g/mol. The number of ether oxygens (including phenoxy) is 1. The van der Waals surface area contributed by atoms with Crippen LogP contribution in [0, 0.1) is 0 Å². The molecule has 0 saturated heterocycles. The molecule has 0 unspecified atom stereocenters. The third-order valence-corrected chi connectivity index (χ3v) is 6.03. The van der Waals surface area contributed by atoms with E-state index in [0.29, 0.717) is 9.90 Å². The lowest BCUT2D eigenvalue weighted by molar-refractivity contribution is -0.146. The summed E-state index contributed by atoms with van der Waals surface area (Å²) in [5.74, 6) is -1.90. The molecule has 1 aromatic heterocycles. The molecule has 0 aliphatic carbocycles. The largest absolute Gasteiger partial charge is 0.454 e. The third kappa shape index (κ3) is 5.19. The Morgan fingerprint density at radius 1 is 0.966 bits per heavy atom. The van der Waals surface area contributed by atoms with Crippen molar-refractivity contribution < 1.29 is 19.1 Å². The van der Waals surface area contributed by atoms with Crippen molar-refractivity contribution >= 4 is 79.7 Å². The van der Waals surface area contributed by atoms with Gasteiger partial charge in [0.05, 0.1) is 20.8 Å². The molecule has 0 atom stereocenters. The molecule has 2 aromatic carbocycles. The number of para-hydroxylation sites is 1. The summed E-state index contributed by atoms with van der Waals surface area (Å²) in [5.41, 5.74) is 0.226. The van der Waals surface area contributed by atoms with Crippen LogP contribution in [-0.2, 0) is 14.3 Å². The Morgan fingerprint density at radius 2 is 1.66 bits per heavy atom. The van der Waals surface area contributed by atoms with Gasteiger partial charge in [0, 0.05) is 10.1 Å². The summed E-state index contributed by atoms with van der Waals surface area (Å²) in [6.45, 7) is -0.969. The van der Waals surface area contributed by atoms with Crippen molar-refractivity contribution in [1.29, 1.82) is 0 Å². The second-order valence-electron chi connectivity index (χ2n) is 5.73. The first-order valence-electron chi connectivity index (χ1n) is 8.21. The Balaban J connectivity index is 1.50. The molecular formula is C19H13Cl3N2O4S. The molecule has 0 radical (unpaired) electrons. The van der Waals surface area contributed by atoms with Crippen LogP contribution in [0.2, 0.25) is 15.1 Å². The van der Waals surface area contributed by atoms with Crippen molar-refractivity contribution in [2.24, 2.45) is 0 Å². The molecule has 29 heavy (non-hydrogen) atoms. The Hall–Kier alpha value is -2.32. The number of anilines is 1. The quantitative estimate of drug-likeness (QED) is 0.507. The van der Waals surface area contributed by atoms with Gasteiger partial charge in [0.2, 0.25) is 0 Å². The topological polar surface area (TPSA) is 84.5 Å². The molecule has 2 amide bonds. The fraction of sp³-hybridized carbons (Fsp3) is 0.105. The van der Waals surface area contributed by atoms with Gasteiger partial charge in [-0.15, -0.1) is 11.3 Å². The zero-order valence-electron chi connectivity index (χ0n) is 14.6. The number of halogens is 3. The molecule has 0 saturated carbocycles. The van der Waals surface area contributed by atoms with E-state index in [2.05, 4.69) is 10.6 Å². The van der Waals surface area contributed by atoms with Gasteiger partial charge in [0.1, 0.15) is 11.4 Å². The maximum absolute atomic E-state index is 12.3. The number of fused-ring (bicyclic) bond motifs is 1. The molecule has 0 spiro atoms. The maximum atomic E-state index is 12.3. The lowest BCUT2D eigenvalue weighted by Crippen LogP contribution is -2.32. The van der Waals surface area contributed by atoms with Crippen LogP contribution >= 0.6 is 46.1 Å². The van der Waals surface area contributed by atoms with E-state index in [1.54, 1.807) is 18.2 Å². The average Bonchev–Trinajstić information content (AvgIpc) is 3.04. The number of esters is 1. The van der Waals surface area contributed by atoms with E-state index >= 15 is 0 Å². The Labute approximate surface area is 184 Å². The normalized spacial score (nSPS) is 10.6. The van der Waals surface area contributed by atoms with Crippen molar-refractivity contribution in [2.75, 3.05) is 18.5 Å². The van der Waals surface area contributed by atoms with Gasteiger partial charge in [0.25, 0.3) is 11.8 Å². The second-order valence-corrected chi connectivity index (χ2v) is 7.97. The van der Waals surface area contributed by atoms with Gasteiger partial charge in [-0.25, -0.2) is 0 Å². The SMILES string of the molecule is O=C(COC(=O)CNC(=O)c1sc2ccccc2c1Cl)Nc1c(Cl)cccc1Cl. The third-order valence-electron chi connectivity index (χ3n) is 3.73. The van der Waals surface area contributed by atoms with E-state index in [4.69, 9.17) is 39.5 Å². The Bertz CT molecular complexity index is 1080. The van der Waals surface area contributed by atoms with Crippen molar-refractivity contribution in [3.05, 3.63) is 62.4 Å². The second kappa shape index (κ2) is 9.45. The standard InChI is InChI=1S/C19H13Cl3N2O4S/c20-11-5-3-6-12(21)17(11)24-14(25)9-28-15(26)8-23-19(27)18-16(22)10-4-1-2-7-13(10)29-18/h1-7H,8-9H2,(H,23,27)(H,24,25). The predicted molar refractivity (Wildman–Crippen MR) is 115 cm³/mol. The lowest BCUT2D eigenvalue weighted by atomic mass is 10.2. The first-order valence-corrected chi connectivity index (χ1v) is 10.2. The summed E-state index contributed by atoms with van der Waals surface area (Å²) in [5, 5.41) is 6.50. The highest BCUT2D eigenvalue weighted by atomic mass is 35.5. The van der Waals surface area contributed by atoms with Gasteiger partial charge in [-0.1, -0.05) is 59.1 Å². The minimum atomic E-state index is -0.781.